The Kier molecular flexibility index (Phi) is 6.11. The van der Waals surface area contributed by atoms with E-state index < -0.39 is 0 Å². The van der Waals surface area contributed by atoms with Gasteiger partial charge in [0.1, 0.15) is 11.9 Å². The number of pyridine rings is 1. The van der Waals surface area contributed by atoms with Gasteiger partial charge >= 0.3 is 0 Å². The minimum atomic E-state index is -0.385. The number of hydrogen-bond acceptors (Lipinski definition) is 4. The predicted octanol–water partition coefficient (Wildman–Crippen LogP) is 6.58. The molecule has 1 atom stereocenters. The highest BCUT2D eigenvalue weighted by atomic mass is 32.2. The maximum atomic E-state index is 13.8. The molecule has 1 amide bonds. The van der Waals surface area contributed by atoms with Crippen LogP contribution >= 0.6 is 11.8 Å². The van der Waals surface area contributed by atoms with Crippen LogP contribution in [0.15, 0.2) is 83.8 Å². The highest BCUT2D eigenvalue weighted by Gasteiger charge is 2.34. The zero-order valence-electron chi connectivity index (χ0n) is 18.1. The van der Waals surface area contributed by atoms with E-state index in [0.29, 0.717) is 5.56 Å². The normalized spacial score (nSPS) is 14.2. The molecule has 1 aromatic heterocycles. The van der Waals surface area contributed by atoms with E-state index in [9.17, 15) is 9.18 Å². The average Bonchev–Trinajstić information content (AvgIpc) is 3.68. The van der Waals surface area contributed by atoms with Crippen molar-refractivity contribution in [2.45, 2.75) is 23.8 Å². The van der Waals surface area contributed by atoms with Gasteiger partial charge in [-0.3, -0.25) is 9.63 Å². The summed E-state index contributed by atoms with van der Waals surface area (Å²) in [7, 11) is 0. The fraction of sp³-hybridized carbons (Fsp3) is 0.185. The number of carbonyl (C=O) groups excluding carboxylic acids is 1. The maximum absolute atomic E-state index is 13.8. The molecule has 1 N–H and O–H groups in total. The van der Waals surface area contributed by atoms with Crippen LogP contribution in [0.3, 0.4) is 0 Å². The van der Waals surface area contributed by atoms with Gasteiger partial charge in [-0.25, -0.2) is 14.9 Å². The summed E-state index contributed by atoms with van der Waals surface area (Å²) >= 11 is 1.48. The Labute approximate surface area is 196 Å². The lowest BCUT2D eigenvalue weighted by Gasteiger charge is -2.20. The molecule has 6 heteroatoms. The van der Waals surface area contributed by atoms with Gasteiger partial charge in [0.2, 0.25) is 0 Å². The Balaban J connectivity index is 1.52. The summed E-state index contributed by atoms with van der Waals surface area (Å²) in [6.45, 7) is 0. The topological polar surface area (TPSA) is 51.2 Å². The number of benzene rings is 3. The molecule has 4 aromatic rings. The second-order valence-electron chi connectivity index (χ2n) is 8.11. The summed E-state index contributed by atoms with van der Waals surface area (Å²) in [6, 6.07) is 23.8. The third-order valence-corrected chi connectivity index (χ3v) is 6.64. The van der Waals surface area contributed by atoms with Crippen LogP contribution in [0.2, 0.25) is 0 Å². The first-order chi connectivity index (χ1) is 16.2. The number of halogens is 1. The molecule has 5 rings (SSSR count). The molecule has 0 radical (unpaired) electrons. The zero-order valence-corrected chi connectivity index (χ0v) is 18.9. The van der Waals surface area contributed by atoms with Crippen LogP contribution in [0, 0.1) is 11.7 Å². The number of nitrogens with one attached hydrogen (secondary N) is 1. The first-order valence-corrected chi connectivity index (χ1v) is 12.1. The van der Waals surface area contributed by atoms with E-state index in [-0.39, 0.29) is 23.7 Å². The van der Waals surface area contributed by atoms with Gasteiger partial charge in [-0.05, 0) is 48.8 Å². The summed E-state index contributed by atoms with van der Waals surface area (Å²) < 4.78 is 13.8. The average molecular weight is 459 g/mol. The van der Waals surface area contributed by atoms with Crippen molar-refractivity contribution in [3.63, 3.8) is 0 Å². The quantitative estimate of drug-likeness (QED) is 0.251. The number of aromatic nitrogens is 1. The molecule has 1 aliphatic carbocycles. The van der Waals surface area contributed by atoms with E-state index in [4.69, 9.17) is 9.82 Å². The van der Waals surface area contributed by atoms with Gasteiger partial charge in [0, 0.05) is 15.8 Å². The van der Waals surface area contributed by atoms with Gasteiger partial charge in [0.05, 0.1) is 16.8 Å². The van der Waals surface area contributed by atoms with Crippen molar-refractivity contribution >= 4 is 28.6 Å². The van der Waals surface area contributed by atoms with Gasteiger partial charge in [0.25, 0.3) is 5.91 Å². The van der Waals surface area contributed by atoms with Crippen molar-refractivity contribution in [2.24, 2.45) is 5.92 Å². The van der Waals surface area contributed by atoms with Crippen LogP contribution in [0.4, 0.5) is 4.39 Å². The summed E-state index contributed by atoms with van der Waals surface area (Å²) in [5.74, 6) is -0.385. The van der Waals surface area contributed by atoms with Crippen LogP contribution in [0.5, 0.6) is 0 Å². The summed E-state index contributed by atoms with van der Waals surface area (Å²) in [5, 5.41) is 0.761. The fourth-order valence-electron chi connectivity index (χ4n) is 4.10. The second kappa shape index (κ2) is 9.33. The lowest BCUT2D eigenvalue weighted by molar-refractivity contribution is -0.0279. The van der Waals surface area contributed by atoms with E-state index in [1.165, 1.54) is 23.9 Å². The van der Waals surface area contributed by atoms with Gasteiger partial charge in [0.15, 0.2) is 0 Å². The van der Waals surface area contributed by atoms with Gasteiger partial charge in [-0.2, -0.15) is 0 Å². The molecule has 1 heterocycles. The molecule has 33 heavy (non-hydrogen) atoms. The minimum Gasteiger partial charge on any atom is -0.267 e. The van der Waals surface area contributed by atoms with Crippen LogP contribution in [-0.4, -0.2) is 17.1 Å². The lowest BCUT2D eigenvalue weighted by atomic mass is 10.0. The van der Waals surface area contributed by atoms with Crippen molar-refractivity contribution in [3.8, 4) is 11.3 Å². The van der Waals surface area contributed by atoms with E-state index in [1.807, 2.05) is 66.9 Å². The Hall–Kier alpha value is -3.22. The highest BCUT2D eigenvalue weighted by molar-refractivity contribution is 7.98. The molecule has 3 aromatic carbocycles. The lowest BCUT2D eigenvalue weighted by Crippen LogP contribution is -2.28. The van der Waals surface area contributed by atoms with Crippen molar-refractivity contribution in [3.05, 3.63) is 95.8 Å². The standard InChI is InChI=1S/C27H23FN2O2S/c1-33-26-23(21-12-5-6-13-22(21)29-24(26)17-8-3-2-4-9-17)27(31)30-32-25(18-14-15-18)19-10-7-11-20(28)16-19/h2-13,16,18,25H,14-15H2,1H3,(H,30,31). The van der Waals surface area contributed by atoms with E-state index in [2.05, 4.69) is 5.48 Å². The van der Waals surface area contributed by atoms with Gasteiger partial charge in [-0.15, -0.1) is 11.8 Å². The van der Waals surface area contributed by atoms with Gasteiger partial charge < -0.3 is 0 Å². The molecule has 1 unspecified atom stereocenters. The molecule has 0 spiro atoms. The van der Waals surface area contributed by atoms with E-state index >= 15 is 0 Å². The maximum Gasteiger partial charge on any atom is 0.276 e. The predicted molar refractivity (Wildman–Crippen MR) is 129 cm³/mol. The molecular formula is C27H23FN2O2S. The first kappa shape index (κ1) is 21.6. The largest absolute Gasteiger partial charge is 0.276 e. The molecular weight excluding hydrogens is 435 g/mol. The smallest absolute Gasteiger partial charge is 0.267 e. The molecule has 166 valence electrons. The Bertz CT molecular complexity index is 1310. The Morgan fingerprint density at radius 3 is 2.55 bits per heavy atom. The summed E-state index contributed by atoms with van der Waals surface area (Å²) in [4.78, 5) is 25.1. The van der Waals surface area contributed by atoms with Crippen LogP contribution in [-0.2, 0) is 4.84 Å². The summed E-state index contributed by atoms with van der Waals surface area (Å²) in [5.41, 5.74) is 6.38. The molecule has 0 aliphatic heterocycles. The molecule has 1 saturated carbocycles. The molecule has 4 nitrogen and oxygen atoms in total. The van der Waals surface area contributed by atoms with Gasteiger partial charge in [-0.1, -0.05) is 60.7 Å². The number of fused-ring (bicyclic) bond motifs is 1. The number of nitrogens with zero attached hydrogens (tertiary/aromatic N) is 1. The molecule has 0 saturated heterocycles. The van der Waals surface area contributed by atoms with Crippen molar-refractivity contribution < 1.29 is 14.0 Å². The Morgan fingerprint density at radius 2 is 1.82 bits per heavy atom. The fourth-order valence-corrected chi connectivity index (χ4v) is 4.86. The van der Waals surface area contributed by atoms with E-state index in [1.54, 1.807) is 6.07 Å². The zero-order chi connectivity index (χ0) is 22.8. The van der Waals surface area contributed by atoms with Crippen LogP contribution in [0.1, 0.15) is 34.9 Å². The second-order valence-corrected chi connectivity index (χ2v) is 8.93. The monoisotopic (exact) mass is 458 g/mol. The number of para-hydroxylation sites is 1. The molecule has 0 bridgehead atoms. The number of carbonyl (C=O) groups is 1. The minimum absolute atomic E-state index is 0.265. The molecule has 1 aliphatic rings. The van der Waals surface area contributed by atoms with Crippen LogP contribution in [0.25, 0.3) is 22.2 Å². The first-order valence-electron chi connectivity index (χ1n) is 10.9. The highest BCUT2D eigenvalue weighted by Crippen LogP contribution is 2.43. The van der Waals surface area contributed by atoms with Crippen molar-refractivity contribution in [2.75, 3.05) is 6.26 Å². The Morgan fingerprint density at radius 1 is 1.06 bits per heavy atom. The number of amides is 1. The number of hydroxylamine groups is 1. The SMILES string of the molecule is CSc1c(-c2ccccc2)nc2ccccc2c1C(=O)NOC(c1cccc(F)c1)C1CC1. The van der Waals surface area contributed by atoms with Crippen molar-refractivity contribution in [1.82, 2.24) is 10.5 Å². The van der Waals surface area contributed by atoms with Crippen molar-refractivity contribution in [1.29, 1.82) is 0 Å². The van der Waals surface area contributed by atoms with E-state index in [0.717, 1.165) is 45.5 Å². The number of thioether (sulfide) groups is 1. The summed E-state index contributed by atoms with van der Waals surface area (Å²) in [6.07, 6.45) is 3.53. The number of hydrogen-bond donors (Lipinski definition) is 1. The molecule has 1 fully saturated rings. The number of rotatable bonds is 7. The third-order valence-electron chi connectivity index (χ3n) is 5.83. The third kappa shape index (κ3) is 4.49. The van der Waals surface area contributed by atoms with Crippen LogP contribution < -0.4 is 5.48 Å².